The summed E-state index contributed by atoms with van der Waals surface area (Å²) in [5.41, 5.74) is -2.37. The van der Waals surface area contributed by atoms with Crippen LogP contribution in [0.1, 0.15) is 111 Å². The summed E-state index contributed by atoms with van der Waals surface area (Å²) in [7, 11) is 1.28. The standard InChI is InChI=1S/C37H51NO10/c1-20-24(48-31(44)47-20)19-46-29(42)37(7)25-9-12-36(6)27(34(25,4)11-10-26(37)38-30(43)45-8)23(39)17-21-22-18-33(3,28(40)41)14-13-32(22,2)15-16-35(21,36)5/h17,22,25-27H,9-16,18-19H2,1-8H3,(H,38,43)(H,40,41)/t22-,25+,26-,27+,32+,33-,34-,35+,36+,37-/m0/s1. The van der Waals surface area contributed by atoms with Crippen molar-refractivity contribution in [3.8, 4) is 0 Å². The van der Waals surface area contributed by atoms with E-state index in [2.05, 4.69) is 33.0 Å². The minimum atomic E-state index is -1.23. The van der Waals surface area contributed by atoms with Crippen molar-refractivity contribution in [2.45, 2.75) is 119 Å². The number of ketones is 1. The number of hydrogen-bond acceptors (Lipinski definition) is 9. The highest BCUT2D eigenvalue weighted by molar-refractivity contribution is 5.96. The van der Waals surface area contributed by atoms with E-state index in [0.717, 1.165) is 24.8 Å². The first kappa shape index (κ1) is 34.5. The Bertz CT molecular complexity index is 1640. The Morgan fingerprint density at radius 2 is 1.65 bits per heavy atom. The second-order valence-corrected chi connectivity index (χ2v) is 17.1. The lowest BCUT2D eigenvalue weighted by atomic mass is 9.33. The Kier molecular flexibility index (Phi) is 7.95. The average Bonchev–Trinajstić information content (AvgIpc) is 3.35. The van der Waals surface area contributed by atoms with Gasteiger partial charge >= 0.3 is 23.9 Å². The lowest BCUT2D eigenvalue weighted by molar-refractivity contribution is -0.205. The quantitative estimate of drug-likeness (QED) is 0.338. The van der Waals surface area contributed by atoms with Gasteiger partial charge in [0.2, 0.25) is 0 Å². The second kappa shape index (κ2) is 11.1. The maximum Gasteiger partial charge on any atom is 0.519 e. The van der Waals surface area contributed by atoms with Crippen LogP contribution >= 0.6 is 0 Å². The van der Waals surface area contributed by atoms with Crippen LogP contribution in [0.5, 0.6) is 0 Å². The van der Waals surface area contributed by atoms with Crippen LogP contribution in [0.15, 0.2) is 25.3 Å². The van der Waals surface area contributed by atoms with Crippen LogP contribution in [0.4, 0.5) is 4.79 Å². The molecule has 1 heterocycles. The molecule has 1 aromatic rings. The highest BCUT2D eigenvalue weighted by atomic mass is 16.6. The Balaban J connectivity index is 1.40. The van der Waals surface area contributed by atoms with E-state index in [-0.39, 0.29) is 46.6 Å². The maximum absolute atomic E-state index is 14.8. The van der Waals surface area contributed by atoms with Crippen LogP contribution in [-0.4, -0.2) is 42.1 Å². The molecule has 48 heavy (non-hydrogen) atoms. The molecule has 0 aromatic carbocycles. The van der Waals surface area contributed by atoms with E-state index < -0.39 is 57.5 Å². The van der Waals surface area contributed by atoms with Crippen molar-refractivity contribution in [3.63, 3.8) is 0 Å². The highest BCUT2D eigenvalue weighted by Gasteiger charge is 2.72. The summed E-state index contributed by atoms with van der Waals surface area (Å²) in [5.74, 6) is -2.54. The number of ether oxygens (including phenoxy) is 2. The molecule has 4 fully saturated rings. The average molecular weight is 670 g/mol. The topological polar surface area (TPSA) is 162 Å². The van der Waals surface area contributed by atoms with Crippen LogP contribution in [0.3, 0.4) is 0 Å². The fraction of sp³-hybridized carbons (Fsp3) is 0.757. The third-order valence-corrected chi connectivity index (χ3v) is 14.9. The van der Waals surface area contributed by atoms with Gasteiger partial charge in [0.05, 0.1) is 17.9 Å². The molecule has 0 spiro atoms. The maximum atomic E-state index is 14.8. The number of carbonyl (C=O) groups excluding carboxylic acids is 3. The van der Waals surface area contributed by atoms with Gasteiger partial charge in [-0.25, -0.2) is 9.59 Å². The van der Waals surface area contributed by atoms with Gasteiger partial charge in [0, 0.05) is 12.0 Å². The Hall–Kier alpha value is -3.37. The predicted octanol–water partition coefficient (Wildman–Crippen LogP) is 6.35. The minimum Gasteiger partial charge on any atom is -0.481 e. The molecule has 2 N–H and O–H groups in total. The van der Waals surface area contributed by atoms with Gasteiger partial charge in [-0.3, -0.25) is 14.4 Å². The van der Waals surface area contributed by atoms with E-state index in [9.17, 15) is 29.1 Å². The normalized spacial score (nSPS) is 43.4. The van der Waals surface area contributed by atoms with Gasteiger partial charge in [-0.1, -0.05) is 33.3 Å². The zero-order chi connectivity index (χ0) is 35.2. The Labute approximate surface area is 281 Å². The van der Waals surface area contributed by atoms with Crippen molar-refractivity contribution in [3.05, 3.63) is 33.8 Å². The summed E-state index contributed by atoms with van der Waals surface area (Å²) in [4.78, 5) is 65.7. The SMILES string of the molecule is COC(=O)N[C@H]1CC[C@@]2(C)[C@@H](CC[C@]3(C)[C@@H]2C(=O)C=C2[C@@H]4C[C@@](C)(C(=O)O)CC[C@]4(C)CC[C@]23C)[C@]1(C)C(=O)OCc1oc(=O)oc1C. The number of nitrogens with one attached hydrogen (secondary N) is 1. The fourth-order valence-corrected chi connectivity index (χ4v) is 11.6. The molecule has 11 heteroatoms. The summed E-state index contributed by atoms with van der Waals surface area (Å²) in [6.45, 7) is 13.9. The summed E-state index contributed by atoms with van der Waals surface area (Å²) in [6.07, 6.45) is 7.43. The molecule has 0 unspecified atom stereocenters. The monoisotopic (exact) mass is 669 g/mol. The van der Waals surface area contributed by atoms with Crippen molar-refractivity contribution < 1.29 is 42.6 Å². The molecule has 0 bridgehead atoms. The van der Waals surface area contributed by atoms with E-state index >= 15 is 0 Å². The van der Waals surface area contributed by atoms with Gasteiger partial charge in [-0.15, -0.1) is 0 Å². The molecule has 4 saturated carbocycles. The first-order chi connectivity index (χ1) is 22.3. The number of amides is 1. The molecule has 1 aromatic heterocycles. The van der Waals surface area contributed by atoms with Crippen molar-refractivity contribution in [2.24, 2.45) is 50.2 Å². The molecule has 1 amide bonds. The number of methoxy groups -OCH3 is 1. The van der Waals surface area contributed by atoms with E-state index in [4.69, 9.17) is 18.3 Å². The number of allylic oxidation sites excluding steroid dienone is 2. The smallest absolute Gasteiger partial charge is 0.481 e. The van der Waals surface area contributed by atoms with Gasteiger partial charge in [-0.2, -0.15) is 0 Å². The molecule has 5 aliphatic carbocycles. The Morgan fingerprint density at radius 1 is 0.958 bits per heavy atom. The zero-order valence-electron chi connectivity index (χ0n) is 29.6. The number of alkyl carbamates (subject to hydrolysis) is 1. The van der Waals surface area contributed by atoms with Crippen LogP contribution in [-0.2, 0) is 30.5 Å². The Morgan fingerprint density at radius 3 is 2.27 bits per heavy atom. The fourth-order valence-electron chi connectivity index (χ4n) is 11.6. The molecule has 0 radical (unpaired) electrons. The third kappa shape index (κ3) is 4.68. The molecule has 5 aliphatic rings. The molecular formula is C37H51NO10. The molecular weight excluding hydrogens is 618 g/mol. The lowest BCUT2D eigenvalue weighted by Crippen LogP contribution is -2.69. The number of fused-ring (bicyclic) bond motifs is 7. The molecule has 6 rings (SSSR count). The predicted molar refractivity (Wildman–Crippen MR) is 172 cm³/mol. The molecule has 10 atom stereocenters. The number of carbonyl (C=O) groups is 4. The van der Waals surface area contributed by atoms with E-state index in [1.807, 2.05) is 19.9 Å². The molecule has 11 nitrogen and oxygen atoms in total. The van der Waals surface area contributed by atoms with Crippen molar-refractivity contribution >= 4 is 23.8 Å². The van der Waals surface area contributed by atoms with E-state index in [1.54, 1.807) is 6.92 Å². The summed E-state index contributed by atoms with van der Waals surface area (Å²) < 4.78 is 20.8. The third-order valence-electron chi connectivity index (χ3n) is 14.9. The number of aliphatic carboxylic acids is 1. The summed E-state index contributed by atoms with van der Waals surface area (Å²) in [6, 6.07) is -0.621. The van der Waals surface area contributed by atoms with Gasteiger partial charge < -0.3 is 28.7 Å². The number of carboxylic acids is 1. The number of aryl methyl sites for hydroxylation is 1. The highest BCUT2D eigenvalue weighted by Crippen LogP contribution is 2.75. The minimum absolute atomic E-state index is 0.00465. The van der Waals surface area contributed by atoms with Crippen molar-refractivity contribution in [2.75, 3.05) is 7.11 Å². The first-order valence-electron chi connectivity index (χ1n) is 17.4. The van der Waals surface area contributed by atoms with Gasteiger partial charge in [0.15, 0.2) is 23.9 Å². The first-order valence-corrected chi connectivity index (χ1v) is 17.4. The van der Waals surface area contributed by atoms with Gasteiger partial charge in [0.1, 0.15) is 0 Å². The van der Waals surface area contributed by atoms with E-state index in [1.165, 1.54) is 7.11 Å². The lowest BCUT2D eigenvalue weighted by Gasteiger charge is -2.70. The summed E-state index contributed by atoms with van der Waals surface area (Å²) in [5, 5.41) is 13.1. The van der Waals surface area contributed by atoms with Crippen molar-refractivity contribution in [1.82, 2.24) is 5.32 Å². The van der Waals surface area contributed by atoms with Gasteiger partial charge in [0.25, 0.3) is 0 Å². The van der Waals surface area contributed by atoms with Crippen LogP contribution in [0.2, 0.25) is 0 Å². The molecule has 0 saturated heterocycles. The second-order valence-electron chi connectivity index (χ2n) is 17.1. The number of carboxylic acid groups (broad SMARTS) is 1. The van der Waals surface area contributed by atoms with Crippen LogP contribution in [0.25, 0.3) is 0 Å². The zero-order valence-corrected chi connectivity index (χ0v) is 29.6. The molecule has 0 aliphatic heterocycles. The van der Waals surface area contributed by atoms with Crippen molar-refractivity contribution in [1.29, 1.82) is 0 Å². The van der Waals surface area contributed by atoms with Crippen LogP contribution in [0, 0.1) is 57.2 Å². The molecule has 264 valence electrons. The number of hydrogen-bond donors (Lipinski definition) is 2. The van der Waals surface area contributed by atoms with E-state index in [0.29, 0.717) is 38.5 Å². The number of rotatable bonds is 5. The largest absolute Gasteiger partial charge is 0.519 e. The van der Waals surface area contributed by atoms with Crippen LogP contribution < -0.4 is 11.1 Å². The summed E-state index contributed by atoms with van der Waals surface area (Å²) >= 11 is 0. The van der Waals surface area contributed by atoms with Gasteiger partial charge in [-0.05, 0) is 118 Å². The number of esters is 1.